The second-order valence-corrected chi connectivity index (χ2v) is 4.14. The summed E-state index contributed by atoms with van der Waals surface area (Å²) in [7, 11) is 5.16. The first kappa shape index (κ1) is 12.8. The molecular formula is C12H19N3O3. The molecule has 100 valence electrons. The van der Waals surface area contributed by atoms with Crippen LogP contribution < -0.4 is 10.7 Å². The number of nitrogens with one attached hydrogen (secondary N) is 2. The van der Waals surface area contributed by atoms with Crippen molar-refractivity contribution < 1.29 is 14.6 Å². The molecule has 0 bridgehead atoms. The quantitative estimate of drug-likeness (QED) is 0.638. The zero-order valence-electron chi connectivity index (χ0n) is 10.9. The van der Waals surface area contributed by atoms with E-state index in [4.69, 9.17) is 9.47 Å². The molecule has 1 unspecified atom stereocenters. The average molecular weight is 253 g/mol. The first-order valence-corrected chi connectivity index (χ1v) is 5.79. The van der Waals surface area contributed by atoms with Crippen LogP contribution in [-0.2, 0) is 9.47 Å². The number of ether oxygens (including phenoxy) is 2. The van der Waals surface area contributed by atoms with E-state index in [9.17, 15) is 5.11 Å². The molecule has 0 spiro atoms. The number of hydrazine groups is 1. The van der Waals surface area contributed by atoms with Crippen LogP contribution in [0.3, 0.4) is 0 Å². The molecule has 2 aliphatic heterocycles. The lowest BCUT2D eigenvalue weighted by molar-refractivity contribution is 0.217. The molecule has 0 aromatic carbocycles. The van der Waals surface area contributed by atoms with Crippen molar-refractivity contribution in [2.24, 2.45) is 0 Å². The molecule has 3 N–H and O–H groups in total. The molecule has 2 heterocycles. The van der Waals surface area contributed by atoms with Crippen LogP contribution in [0.15, 0.2) is 35.1 Å². The molecule has 0 saturated heterocycles. The van der Waals surface area contributed by atoms with Crippen molar-refractivity contribution in [3.8, 4) is 0 Å². The van der Waals surface area contributed by atoms with Gasteiger partial charge in [-0.2, -0.15) is 0 Å². The smallest absolute Gasteiger partial charge is 0.190 e. The summed E-state index contributed by atoms with van der Waals surface area (Å²) in [5.41, 5.74) is 5.18. The fourth-order valence-electron chi connectivity index (χ4n) is 2.10. The molecular weight excluding hydrogens is 234 g/mol. The summed E-state index contributed by atoms with van der Waals surface area (Å²) in [4.78, 5) is 0. The Labute approximate surface area is 107 Å². The van der Waals surface area contributed by atoms with Crippen LogP contribution in [0.4, 0.5) is 0 Å². The second kappa shape index (κ2) is 5.32. The summed E-state index contributed by atoms with van der Waals surface area (Å²) in [6.45, 7) is 0.689. The lowest BCUT2D eigenvalue weighted by Crippen LogP contribution is -2.37. The Morgan fingerprint density at radius 2 is 2.22 bits per heavy atom. The molecule has 0 aromatic heterocycles. The first-order chi connectivity index (χ1) is 8.69. The Hall–Kier alpha value is -1.66. The van der Waals surface area contributed by atoms with Crippen molar-refractivity contribution in [1.82, 2.24) is 15.8 Å². The number of hydrogen-bond donors (Lipinski definition) is 3. The maximum absolute atomic E-state index is 9.17. The van der Waals surface area contributed by atoms with Crippen molar-refractivity contribution in [1.29, 1.82) is 0 Å². The molecule has 0 aromatic rings. The van der Waals surface area contributed by atoms with Gasteiger partial charge in [-0.05, 0) is 6.08 Å². The van der Waals surface area contributed by atoms with Gasteiger partial charge in [-0.15, -0.1) is 0 Å². The van der Waals surface area contributed by atoms with E-state index in [2.05, 4.69) is 10.7 Å². The number of aliphatic hydroxyl groups excluding tert-OH is 1. The number of likely N-dealkylation sites (N-methyl/N-ethyl adjacent to an activating group) is 1. The van der Waals surface area contributed by atoms with Gasteiger partial charge in [0.15, 0.2) is 5.88 Å². The molecule has 0 amide bonds. The summed E-state index contributed by atoms with van der Waals surface area (Å²) < 4.78 is 10.5. The molecule has 6 heteroatoms. The van der Waals surface area contributed by atoms with Crippen molar-refractivity contribution in [2.45, 2.75) is 6.04 Å². The monoisotopic (exact) mass is 253 g/mol. The van der Waals surface area contributed by atoms with Gasteiger partial charge < -0.3 is 24.9 Å². The summed E-state index contributed by atoms with van der Waals surface area (Å²) in [5.74, 6) is 1.45. The van der Waals surface area contributed by atoms with Crippen molar-refractivity contribution >= 4 is 0 Å². The van der Waals surface area contributed by atoms with Crippen LogP contribution in [0.1, 0.15) is 0 Å². The lowest BCUT2D eigenvalue weighted by atomic mass is 10.1. The number of nitrogens with zero attached hydrogens (tertiary/aromatic N) is 1. The Morgan fingerprint density at radius 1 is 1.44 bits per heavy atom. The van der Waals surface area contributed by atoms with Crippen molar-refractivity contribution in [3.05, 3.63) is 35.1 Å². The molecule has 2 aliphatic rings. The minimum Gasteiger partial charge on any atom is -0.496 e. The predicted molar refractivity (Wildman–Crippen MR) is 67.0 cm³/mol. The Kier molecular flexibility index (Phi) is 3.78. The van der Waals surface area contributed by atoms with E-state index in [0.29, 0.717) is 12.4 Å². The maximum atomic E-state index is 9.17. The van der Waals surface area contributed by atoms with E-state index < -0.39 is 0 Å². The Balaban J connectivity index is 2.31. The molecule has 18 heavy (non-hydrogen) atoms. The summed E-state index contributed by atoms with van der Waals surface area (Å²) in [6.07, 6.45) is 3.81. The Bertz CT molecular complexity index is 415. The Morgan fingerprint density at radius 3 is 2.78 bits per heavy atom. The topological polar surface area (TPSA) is 66.0 Å². The number of allylic oxidation sites excluding steroid dienone is 1. The van der Waals surface area contributed by atoms with Gasteiger partial charge in [-0.1, -0.05) is 0 Å². The SMILES string of the molecule is COC1=CC(OC)=C(C2=CC(CO)NN2C)CN1. The van der Waals surface area contributed by atoms with Crippen LogP contribution >= 0.6 is 0 Å². The van der Waals surface area contributed by atoms with E-state index in [1.54, 1.807) is 14.2 Å². The fourth-order valence-corrected chi connectivity index (χ4v) is 2.10. The van der Waals surface area contributed by atoms with Crippen LogP contribution in [0, 0.1) is 0 Å². The summed E-state index contributed by atoms with van der Waals surface area (Å²) in [6, 6.07) is -0.0524. The van der Waals surface area contributed by atoms with Crippen LogP contribution in [-0.4, -0.2) is 50.6 Å². The zero-order valence-corrected chi connectivity index (χ0v) is 10.9. The number of methoxy groups -OCH3 is 2. The van der Waals surface area contributed by atoms with Gasteiger partial charge in [-0.3, -0.25) is 0 Å². The fraction of sp³-hybridized carbons (Fsp3) is 0.500. The highest BCUT2D eigenvalue weighted by Gasteiger charge is 2.26. The van der Waals surface area contributed by atoms with Gasteiger partial charge in [0.1, 0.15) is 5.76 Å². The molecule has 0 saturated carbocycles. The van der Waals surface area contributed by atoms with E-state index >= 15 is 0 Å². The molecule has 0 fully saturated rings. The van der Waals surface area contributed by atoms with Gasteiger partial charge in [0.05, 0.1) is 32.6 Å². The van der Waals surface area contributed by atoms with Crippen LogP contribution in [0.5, 0.6) is 0 Å². The number of hydrogen-bond acceptors (Lipinski definition) is 6. The third-order valence-electron chi connectivity index (χ3n) is 3.02. The average Bonchev–Trinajstić information content (AvgIpc) is 2.79. The minimum atomic E-state index is -0.0524. The third kappa shape index (κ3) is 2.30. The highest BCUT2D eigenvalue weighted by molar-refractivity contribution is 5.42. The zero-order chi connectivity index (χ0) is 13.1. The molecule has 6 nitrogen and oxygen atoms in total. The van der Waals surface area contributed by atoms with Gasteiger partial charge in [0.2, 0.25) is 0 Å². The highest BCUT2D eigenvalue weighted by atomic mass is 16.5. The summed E-state index contributed by atoms with van der Waals surface area (Å²) in [5, 5.41) is 14.2. The van der Waals surface area contributed by atoms with Crippen LogP contribution in [0.25, 0.3) is 0 Å². The first-order valence-electron chi connectivity index (χ1n) is 5.79. The number of aliphatic hydroxyl groups is 1. The van der Waals surface area contributed by atoms with E-state index in [-0.39, 0.29) is 12.6 Å². The molecule has 2 rings (SSSR count). The largest absolute Gasteiger partial charge is 0.496 e. The van der Waals surface area contributed by atoms with Crippen molar-refractivity contribution in [2.75, 3.05) is 34.4 Å². The number of rotatable bonds is 4. The maximum Gasteiger partial charge on any atom is 0.190 e. The third-order valence-corrected chi connectivity index (χ3v) is 3.02. The predicted octanol–water partition coefficient (Wildman–Crippen LogP) is -0.327. The molecule has 0 radical (unpaired) electrons. The molecule has 1 atom stereocenters. The van der Waals surface area contributed by atoms with E-state index in [1.807, 2.05) is 24.2 Å². The standard InChI is InChI=1S/C12H19N3O3/c1-15-10(4-8(7-16)14-15)9-6-13-12(18-3)5-11(9)17-2/h4-5,8,13-14,16H,6-7H2,1-3H3. The lowest BCUT2D eigenvalue weighted by Gasteiger charge is -2.25. The summed E-state index contributed by atoms with van der Waals surface area (Å²) >= 11 is 0. The minimum absolute atomic E-state index is 0.0524. The second-order valence-electron chi connectivity index (χ2n) is 4.14. The number of dihydropyridines is 1. The van der Waals surface area contributed by atoms with Crippen molar-refractivity contribution in [3.63, 3.8) is 0 Å². The normalized spacial score (nSPS) is 23.6. The van der Waals surface area contributed by atoms with Gasteiger partial charge in [0.25, 0.3) is 0 Å². The van der Waals surface area contributed by atoms with E-state index in [0.717, 1.165) is 17.0 Å². The van der Waals surface area contributed by atoms with Gasteiger partial charge in [-0.25, -0.2) is 5.43 Å². The van der Waals surface area contributed by atoms with E-state index in [1.165, 1.54) is 0 Å². The molecule has 0 aliphatic carbocycles. The highest BCUT2D eigenvalue weighted by Crippen LogP contribution is 2.25. The van der Waals surface area contributed by atoms with Gasteiger partial charge >= 0.3 is 0 Å². The van der Waals surface area contributed by atoms with Gasteiger partial charge in [0, 0.05) is 25.2 Å². The van der Waals surface area contributed by atoms with Crippen LogP contribution in [0.2, 0.25) is 0 Å².